The van der Waals surface area contributed by atoms with Crippen LogP contribution in [0, 0.1) is 51.8 Å². The summed E-state index contributed by atoms with van der Waals surface area (Å²) in [5.41, 5.74) is 0.336. The third-order valence-corrected chi connectivity index (χ3v) is 11.6. The van der Waals surface area contributed by atoms with Crippen molar-refractivity contribution in [2.24, 2.45) is 51.8 Å². The number of ether oxygens (including phenoxy) is 1. The maximum atomic E-state index is 13.7. The lowest BCUT2D eigenvalue weighted by Crippen LogP contribution is -2.63. The minimum Gasteiger partial charge on any atom is -0.469 e. The summed E-state index contributed by atoms with van der Waals surface area (Å²) < 4.78 is 4.89. The number of aliphatic hydroxyl groups excluding tert-OH is 1. The van der Waals surface area contributed by atoms with E-state index < -0.39 is 0 Å². The van der Waals surface area contributed by atoms with E-state index in [1.165, 1.54) is 7.11 Å². The fourth-order valence-electron chi connectivity index (χ4n) is 9.40. The fraction of sp³-hybridized carbons (Fsp3) is 0.926. The Labute approximate surface area is 188 Å². The maximum Gasteiger partial charge on any atom is 0.305 e. The average molecular weight is 433 g/mol. The van der Waals surface area contributed by atoms with Crippen LogP contribution in [0.4, 0.5) is 0 Å². The Hall–Kier alpha value is -0.900. The number of hydrogen-bond acceptors (Lipinski definition) is 4. The molecule has 4 aliphatic carbocycles. The molecule has 4 fully saturated rings. The van der Waals surface area contributed by atoms with Crippen molar-refractivity contribution in [3.05, 3.63) is 0 Å². The van der Waals surface area contributed by atoms with E-state index in [1.807, 2.05) is 0 Å². The topological polar surface area (TPSA) is 63.6 Å². The molecule has 176 valence electrons. The van der Waals surface area contributed by atoms with Crippen LogP contribution >= 0.6 is 0 Å². The quantitative estimate of drug-likeness (QED) is 0.603. The van der Waals surface area contributed by atoms with E-state index in [0.717, 1.165) is 44.9 Å². The number of carbonyl (C=O) groups is 2. The van der Waals surface area contributed by atoms with Gasteiger partial charge in [0.15, 0.2) is 0 Å². The Morgan fingerprint density at radius 2 is 1.90 bits per heavy atom. The summed E-state index contributed by atoms with van der Waals surface area (Å²) in [7, 11) is 1.47. The number of methoxy groups -OCH3 is 1. The predicted molar refractivity (Wildman–Crippen MR) is 121 cm³/mol. The first-order valence-corrected chi connectivity index (χ1v) is 12.8. The molecule has 4 heteroatoms. The van der Waals surface area contributed by atoms with Gasteiger partial charge >= 0.3 is 5.97 Å². The van der Waals surface area contributed by atoms with Gasteiger partial charge in [0.1, 0.15) is 5.78 Å². The fourth-order valence-corrected chi connectivity index (χ4v) is 9.40. The minimum atomic E-state index is -0.226. The van der Waals surface area contributed by atoms with Crippen LogP contribution in [0.3, 0.4) is 0 Å². The lowest BCUT2D eigenvalue weighted by atomic mass is 9.38. The number of Topliss-reactive ketones (excluding diaryl/α,β-unsaturated/α-hetero) is 1. The van der Waals surface area contributed by atoms with Crippen LogP contribution in [-0.2, 0) is 14.3 Å². The SMILES string of the molecule is COC(=O)CC[C@@H](C)[C@H]1CC[C@@]2(C)[C@@H]3C(=O)C[C@@H]4C[C@H](O)CC[C@]4(C)C3CC(C)[C@]12C. The number of aliphatic hydroxyl groups is 1. The van der Waals surface area contributed by atoms with Gasteiger partial charge in [0.05, 0.1) is 13.2 Å². The lowest BCUT2D eigenvalue weighted by molar-refractivity contribution is -0.191. The molecule has 0 aromatic carbocycles. The van der Waals surface area contributed by atoms with Gasteiger partial charge in [-0.2, -0.15) is 0 Å². The third kappa shape index (κ3) is 3.25. The molecule has 0 radical (unpaired) electrons. The molecule has 0 amide bonds. The van der Waals surface area contributed by atoms with Crippen molar-refractivity contribution in [3.63, 3.8) is 0 Å². The summed E-state index contributed by atoms with van der Waals surface area (Å²) in [6.45, 7) is 12.1. The van der Waals surface area contributed by atoms with Crippen molar-refractivity contribution in [3.8, 4) is 0 Å². The monoisotopic (exact) mass is 432 g/mol. The lowest BCUT2D eigenvalue weighted by Gasteiger charge is -2.66. The zero-order chi connectivity index (χ0) is 22.8. The van der Waals surface area contributed by atoms with Gasteiger partial charge < -0.3 is 9.84 Å². The van der Waals surface area contributed by atoms with Gasteiger partial charge in [-0.05, 0) is 90.8 Å². The molecule has 4 saturated carbocycles. The zero-order valence-electron chi connectivity index (χ0n) is 20.6. The second-order valence-electron chi connectivity index (χ2n) is 12.5. The van der Waals surface area contributed by atoms with E-state index in [1.54, 1.807) is 0 Å². The first-order valence-electron chi connectivity index (χ1n) is 12.8. The molecule has 4 aliphatic rings. The summed E-state index contributed by atoms with van der Waals surface area (Å²) in [5.74, 6) is 2.87. The van der Waals surface area contributed by atoms with Crippen LogP contribution in [0.5, 0.6) is 0 Å². The first kappa shape index (κ1) is 23.3. The second kappa shape index (κ2) is 7.85. The molecule has 0 saturated heterocycles. The van der Waals surface area contributed by atoms with Gasteiger partial charge in [-0.3, -0.25) is 9.59 Å². The van der Waals surface area contributed by atoms with E-state index >= 15 is 0 Å². The van der Waals surface area contributed by atoms with Gasteiger partial charge in [-0.25, -0.2) is 0 Å². The molecule has 0 aliphatic heterocycles. The van der Waals surface area contributed by atoms with Gasteiger partial charge in [-0.15, -0.1) is 0 Å². The van der Waals surface area contributed by atoms with E-state index in [9.17, 15) is 14.7 Å². The zero-order valence-corrected chi connectivity index (χ0v) is 20.6. The summed E-state index contributed by atoms with van der Waals surface area (Å²) >= 11 is 0. The predicted octanol–water partition coefficient (Wildman–Crippen LogP) is 5.41. The highest BCUT2D eigenvalue weighted by Gasteiger charge is 2.70. The first-order chi connectivity index (χ1) is 14.5. The Morgan fingerprint density at radius 3 is 2.58 bits per heavy atom. The van der Waals surface area contributed by atoms with Crippen molar-refractivity contribution in [2.45, 2.75) is 98.5 Å². The largest absolute Gasteiger partial charge is 0.469 e. The van der Waals surface area contributed by atoms with Crippen LogP contribution in [0.15, 0.2) is 0 Å². The van der Waals surface area contributed by atoms with Gasteiger partial charge in [0, 0.05) is 18.8 Å². The molecule has 0 spiro atoms. The highest BCUT2D eigenvalue weighted by molar-refractivity contribution is 5.84. The maximum absolute atomic E-state index is 13.7. The molecular formula is C27H44O4. The van der Waals surface area contributed by atoms with Crippen molar-refractivity contribution in [1.82, 2.24) is 0 Å². The van der Waals surface area contributed by atoms with Gasteiger partial charge in [0.25, 0.3) is 0 Å². The van der Waals surface area contributed by atoms with E-state index in [0.29, 0.717) is 48.2 Å². The van der Waals surface area contributed by atoms with E-state index in [4.69, 9.17) is 4.74 Å². The highest BCUT2D eigenvalue weighted by atomic mass is 16.5. The molecule has 0 aromatic rings. The molecular weight excluding hydrogens is 388 g/mol. The van der Waals surface area contributed by atoms with Crippen LogP contribution in [-0.4, -0.2) is 30.1 Å². The van der Waals surface area contributed by atoms with E-state index in [2.05, 4.69) is 34.6 Å². The number of carbonyl (C=O) groups excluding carboxylic acids is 2. The highest BCUT2D eigenvalue weighted by Crippen LogP contribution is 2.74. The molecule has 10 atom stereocenters. The van der Waals surface area contributed by atoms with Crippen LogP contribution < -0.4 is 0 Å². The summed E-state index contributed by atoms with van der Waals surface area (Å²) in [6, 6.07) is 0. The smallest absolute Gasteiger partial charge is 0.305 e. The molecule has 1 N–H and O–H groups in total. The van der Waals surface area contributed by atoms with Crippen molar-refractivity contribution in [2.75, 3.05) is 7.11 Å². The number of rotatable bonds is 4. The Balaban J connectivity index is 1.65. The molecule has 4 rings (SSSR count). The summed E-state index contributed by atoms with van der Waals surface area (Å²) in [4.78, 5) is 25.5. The Morgan fingerprint density at radius 1 is 1.19 bits per heavy atom. The minimum absolute atomic E-state index is 0.0284. The standard InChI is InChI=1S/C27H44O4/c1-16(7-8-23(30)31-6)20-10-12-26(4)24-21(13-17(2)27(20,26)5)25(3)11-9-19(28)14-18(25)15-22(24)29/h16-21,24,28H,7-15H2,1-6H3/t16-,17?,18+,19-,20-,21?,24+,25+,26+,27-/m1/s1. The number of fused-ring (bicyclic) bond motifs is 5. The molecule has 0 bridgehead atoms. The van der Waals surface area contributed by atoms with Crippen LogP contribution in [0.25, 0.3) is 0 Å². The molecule has 0 heterocycles. The normalized spacial score (nSPS) is 50.2. The van der Waals surface area contributed by atoms with Crippen molar-refractivity contribution < 1.29 is 19.4 Å². The number of esters is 1. The molecule has 0 aromatic heterocycles. The van der Waals surface area contributed by atoms with E-state index in [-0.39, 0.29) is 34.2 Å². The van der Waals surface area contributed by atoms with Crippen molar-refractivity contribution in [1.29, 1.82) is 0 Å². The molecule has 31 heavy (non-hydrogen) atoms. The third-order valence-electron chi connectivity index (χ3n) is 11.6. The number of hydrogen-bond donors (Lipinski definition) is 1. The van der Waals surface area contributed by atoms with Crippen LogP contribution in [0.2, 0.25) is 0 Å². The van der Waals surface area contributed by atoms with Crippen LogP contribution in [0.1, 0.15) is 92.4 Å². The van der Waals surface area contributed by atoms with Gasteiger partial charge in [-0.1, -0.05) is 34.6 Å². The van der Waals surface area contributed by atoms with Gasteiger partial charge in [0.2, 0.25) is 0 Å². The Kier molecular flexibility index (Phi) is 5.89. The molecule has 4 nitrogen and oxygen atoms in total. The Bertz CT molecular complexity index is 733. The average Bonchev–Trinajstić information content (AvgIpc) is 3.00. The summed E-state index contributed by atoms with van der Waals surface area (Å²) in [6.07, 6.45) is 7.97. The summed E-state index contributed by atoms with van der Waals surface area (Å²) in [5, 5.41) is 10.3. The second-order valence-corrected chi connectivity index (χ2v) is 12.5. The van der Waals surface area contributed by atoms with Crippen molar-refractivity contribution >= 4 is 11.8 Å². The molecule has 2 unspecified atom stereocenters. The number of ketones is 1.